The van der Waals surface area contributed by atoms with E-state index in [1.165, 1.54) is 12.8 Å². The summed E-state index contributed by atoms with van der Waals surface area (Å²) in [7, 11) is 0. The SMILES string of the molecule is CSC1(CNc2nccc(C)c2[N+](=O)[O-])CC1. The number of aromatic nitrogens is 1. The molecule has 1 N–H and O–H groups in total. The van der Waals surface area contributed by atoms with Crippen molar-refractivity contribution in [3.8, 4) is 0 Å². The summed E-state index contributed by atoms with van der Waals surface area (Å²) < 4.78 is 0.263. The number of nitrogens with one attached hydrogen (secondary N) is 1. The lowest BCUT2D eigenvalue weighted by Crippen LogP contribution is -2.18. The van der Waals surface area contributed by atoms with Crippen LogP contribution in [0, 0.1) is 17.0 Å². The Hall–Kier alpha value is -1.30. The number of pyridine rings is 1. The van der Waals surface area contributed by atoms with E-state index in [1.54, 1.807) is 19.2 Å². The molecule has 0 atom stereocenters. The maximum atomic E-state index is 11.0. The van der Waals surface area contributed by atoms with E-state index < -0.39 is 0 Å². The topological polar surface area (TPSA) is 68.1 Å². The zero-order chi connectivity index (χ0) is 12.5. The van der Waals surface area contributed by atoms with E-state index in [0.717, 1.165) is 6.54 Å². The Morgan fingerprint density at radius 3 is 2.88 bits per heavy atom. The normalized spacial score (nSPS) is 16.6. The molecule has 17 heavy (non-hydrogen) atoms. The Morgan fingerprint density at radius 2 is 2.35 bits per heavy atom. The highest BCUT2D eigenvalue weighted by Gasteiger charge is 2.42. The van der Waals surface area contributed by atoms with E-state index in [9.17, 15) is 10.1 Å². The van der Waals surface area contributed by atoms with Gasteiger partial charge in [0.15, 0.2) is 0 Å². The molecule has 0 saturated heterocycles. The van der Waals surface area contributed by atoms with Crippen molar-refractivity contribution in [1.82, 2.24) is 4.98 Å². The number of nitrogens with zero attached hydrogens (tertiary/aromatic N) is 2. The van der Waals surface area contributed by atoms with Crippen molar-refractivity contribution in [3.05, 3.63) is 27.9 Å². The number of hydrogen-bond donors (Lipinski definition) is 1. The number of nitro groups is 1. The van der Waals surface area contributed by atoms with Gasteiger partial charge in [-0.3, -0.25) is 10.1 Å². The first-order valence-corrected chi connectivity index (χ1v) is 6.69. The van der Waals surface area contributed by atoms with E-state index in [-0.39, 0.29) is 15.4 Å². The Morgan fingerprint density at radius 1 is 1.65 bits per heavy atom. The molecule has 1 aliphatic rings. The van der Waals surface area contributed by atoms with Gasteiger partial charge in [0.25, 0.3) is 0 Å². The van der Waals surface area contributed by atoms with Crippen molar-refractivity contribution in [1.29, 1.82) is 0 Å². The van der Waals surface area contributed by atoms with Crippen LogP contribution in [0.2, 0.25) is 0 Å². The van der Waals surface area contributed by atoms with Crippen molar-refractivity contribution in [3.63, 3.8) is 0 Å². The number of aryl methyl sites for hydroxylation is 1. The molecular formula is C11H15N3O2S. The third-order valence-electron chi connectivity index (χ3n) is 3.13. The van der Waals surface area contributed by atoms with Crippen LogP contribution in [0.4, 0.5) is 11.5 Å². The van der Waals surface area contributed by atoms with Crippen LogP contribution in [0.5, 0.6) is 0 Å². The van der Waals surface area contributed by atoms with Gasteiger partial charge in [-0.15, -0.1) is 0 Å². The minimum Gasteiger partial charge on any atom is -0.363 e. The molecule has 0 aliphatic heterocycles. The summed E-state index contributed by atoms with van der Waals surface area (Å²) >= 11 is 1.82. The van der Waals surface area contributed by atoms with E-state index >= 15 is 0 Å². The molecule has 0 bridgehead atoms. The molecule has 0 unspecified atom stereocenters. The Labute approximate surface area is 104 Å². The Kier molecular flexibility index (Phi) is 3.24. The van der Waals surface area contributed by atoms with Gasteiger partial charge < -0.3 is 5.32 Å². The molecule has 1 aromatic heterocycles. The second-order valence-corrected chi connectivity index (χ2v) is 5.60. The van der Waals surface area contributed by atoms with Gasteiger partial charge in [-0.25, -0.2) is 4.98 Å². The molecule has 0 amide bonds. The molecule has 2 rings (SSSR count). The third kappa shape index (κ3) is 2.52. The maximum absolute atomic E-state index is 11.0. The molecular weight excluding hydrogens is 238 g/mol. The van der Waals surface area contributed by atoms with Crippen molar-refractivity contribution in [2.24, 2.45) is 0 Å². The summed E-state index contributed by atoms with van der Waals surface area (Å²) in [5, 5.41) is 14.1. The maximum Gasteiger partial charge on any atom is 0.314 e. The highest BCUT2D eigenvalue weighted by atomic mass is 32.2. The average Bonchev–Trinajstić information content (AvgIpc) is 3.06. The lowest BCUT2D eigenvalue weighted by atomic mass is 10.2. The van der Waals surface area contributed by atoms with Crippen LogP contribution < -0.4 is 5.32 Å². The summed E-state index contributed by atoms with van der Waals surface area (Å²) in [4.78, 5) is 14.7. The fourth-order valence-electron chi connectivity index (χ4n) is 1.75. The Bertz CT molecular complexity index is 446. The van der Waals surface area contributed by atoms with E-state index in [2.05, 4.69) is 16.6 Å². The van der Waals surface area contributed by atoms with Gasteiger partial charge in [-0.1, -0.05) is 0 Å². The fraction of sp³-hybridized carbons (Fsp3) is 0.545. The van der Waals surface area contributed by atoms with Crippen LogP contribution >= 0.6 is 11.8 Å². The summed E-state index contributed by atoms with van der Waals surface area (Å²) in [6.07, 6.45) is 6.01. The van der Waals surface area contributed by atoms with Crippen LogP contribution in [-0.4, -0.2) is 27.5 Å². The smallest absolute Gasteiger partial charge is 0.314 e. The number of anilines is 1. The van der Waals surface area contributed by atoms with Crippen LogP contribution in [-0.2, 0) is 0 Å². The quantitative estimate of drug-likeness (QED) is 0.645. The fourth-order valence-corrected chi connectivity index (χ4v) is 2.47. The molecule has 92 valence electrons. The van der Waals surface area contributed by atoms with E-state index in [1.807, 2.05) is 11.8 Å². The zero-order valence-corrected chi connectivity index (χ0v) is 10.7. The van der Waals surface area contributed by atoms with E-state index in [4.69, 9.17) is 0 Å². The standard InChI is InChI=1S/C11H15N3O2S/c1-8-3-6-12-10(9(8)14(15)16)13-7-11(17-2)4-5-11/h3,6H,4-5,7H2,1-2H3,(H,12,13). The average molecular weight is 253 g/mol. The van der Waals surface area contributed by atoms with Crippen LogP contribution in [0.3, 0.4) is 0 Å². The number of hydrogen-bond acceptors (Lipinski definition) is 5. The van der Waals surface area contributed by atoms with Crippen LogP contribution in [0.1, 0.15) is 18.4 Å². The van der Waals surface area contributed by atoms with Gasteiger partial charge in [0.05, 0.1) is 4.92 Å². The summed E-state index contributed by atoms with van der Waals surface area (Å²) in [6, 6.07) is 1.66. The molecule has 0 spiro atoms. The molecule has 0 radical (unpaired) electrons. The van der Waals surface area contributed by atoms with Crippen molar-refractivity contribution < 1.29 is 4.92 Å². The third-order valence-corrected chi connectivity index (χ3v) is 4.55. The van der Waals surface area contributed by atoms with Gasteiger partial charge in [0.1, 0.15) is 0 Å². The first-order chi connectivity index (χ1) is 8.08. The lowest BCUT2D eigenvalue weighted by molar-refractivity contribution is -0.384. The van der Waals surface area contributed by atoms with Gasteiger partial charge in [-0.05, 0) is 32.1 Å². The highest BCUT2D eigenvalue weighted by molar-refractivity contribution is 8.00. The predicted octanol–water partition coefficient (Wildman–Crippen LogP) is 2.61. The minimum atomic E-state index is -0.372. The van der Waals surface area contributed by atoms with Gasteiger partial charge in [-0.2, -0.15) is 11.8 Å². The molecule has 1 heterocycles. The van der Waals surface area contributed by atoms with Crippen LogP contribution in [0.25, 0.3) is 0 Å². The lowest BCUT2D eigenvalue weighted by Gasteiger charge is -2.13. The summed E-state index contributed by atoms with van der Waals surface area (Å²) in [6.45, 7) is 2.47. The number of thioether (sulfide) groups is 1. The predicted molar refractivity (Wildman–Crippen MR) is 69.6 cm³/mol. The van der Waals surface area contributed by atoms with Gasteiger partial charge >= 0.3 is 5.69 Å². The zero-order valence-electron chi connectivity index (χ0n) is 9.90. The molecule has 0 aromatic carbocycles. The first kappa shape index (κ1) is 12.2. The van der Waals surface area contributed by atoms with Crippen molar-refractivity contribution >= 4 is 23.3 Å². The van der Waals surface area contributed by atoms with Crippen molar-refractivity contribution in [2.75, 3.05) is 18.1 Å². The van der Waals surface area contributed by atoms with Crippen molar-refractivity contribution in [2.45, 2.75) is 24.5 Å². The summed E-state index contributed by atoms with van der Waals surface area (Å²) in [5.41, 5.74) is 0.728. The van der Waals surface area contributed by atoms with E-state index in [0.29, 0.717) is 11.4 Å². The number of rotatable bonds is 5. The molecule has 1 aromatic rings. The van der Waals surface area contributed by atoms with Gasteiger partial charge in [0.2, 0.25) is 5.82 Å². The molecule has 5 nitrogen and oxygen atoms in total. The molecule has 1 saturated carbocycles. The largest absolute Gasteiger partial charge is 0.363 e. The first-order valence-electron chi connectivity index (χ1n) is 5.47. The van der Waals surface area contributed by atoms with Crippen LogP contribution in [0.15, 0.2) is 12.3 Å². The summed E-state index contributed by atoms with van der Waals surface area (Å²) in [5.74, 6) is 0.385. The molecule has 1 fully saturated rings. The Balaban J connectivity index is 2.15. The molecule has 6 heteroatoms. The van der Waals surface area contributed by atoms with Gasteiger partial charge in [0, 0.05) is 23.1 Å². The minimum absolute atomic E-state index is 0.0874. The second-order valence-electron chi connectivity index (χ2n) is 4.32. The monoisotopic (exact) mass is 253 g/mol. The molecule has 1 aliphatic carbocycles. The highest BCUT2D eigenvalue weighted by Crippen LogP contribution is 2.47. The second kappa shape index (κ2) is 4.52.